The van der Waals surface area contributed by atoms with Crippen LogP contribution in [0.15, 0.2) is 17.8 Å². The van der Waals surface area contributed by atoms with Gasteiger partial charge in [-0.05, 0) is 37.6 Å². The van der Waals surface area contributed by atoms with Gasteiger partial charge in [0.2, 0.25) is 0 Å². The molecule has 20 heavy (non-hydrogen) atoms. The van der Waals surface area contributed by atoms with Gasteiger partial charge < -0.3 is 10.2 Å². The lowest BCUT2D eigenvalue weighted by Crippen LogP contribution is -2.19. The molecule has 0 aliphatic heterocycles. The average molecular weight is 290 g/mol. The predicted octanol–water partition coefficient (Wildman–Crippen LogP) is 2.90. The highest BCUT2D eigenvalue weighted by Gasteiger charge is 2.10. The molecule has 108 valence electrons. The van der Waals surface area contributed by atoms with E-state index in [0.29, 0.717) is 0 Å². The molecule has 0 fully saturated rings. The second kappa shape index (κ2) is 6.81. The standard InChI is InChI=1S/C15H22N4S/c1-5-16-7-13-6-11(2)15(17-8-13)19(4)9-14-12(3)18-10-20-14/h6,8,10,16H,5,7,9H2,1-4H3. The molecule has 0 radical (unpaired) electrons. The maximum Gasteiger partial charge on any atom is 0.131 e. The smallest absolute Gasteiger partial charge is 0.131 e. The molecule has 0 aromatic carbocycles. The summed E-state index contributed by atoms with van der Waals surface area (Å²) in [6.45, 7) is 9.00. The number of hydrogen-bond acceptors (Lipinski definition) is 5. The summed E-state index contributed by atoms with van der Waals surface area (Å²) in [5.74, 6) is 1.04. The van der Waals surface area contributed by atoms with Crippen LogP contribution in [0, 0.1) is 13.8 Å². The first-order chi connectivity index (χ1) is 9.61. The van der Waals surface area contributed by atoms with Crippen molar-refractivity contribution < 1.29 is 0 Å². The molecule has 0 unspecified atom stereocenters. The highest BCUT2D eigenvalue weighted by atomic mass is 32.1. The fourth-order valence-electron chi connectivity index (χ4n) is 2.16. The maximum absolute atomic E-state index is 4.61. The zero-order valence-corrected chi connectivity index (χ0v) is 13.4. The predicted molar refractivity (Wildman–Crippen MR) is 85.3 cm³/mol. The molecular weight excluding hydrogens is 268 g/mol. The van der Waals surface area contributed by atoms with Crippen molar-refractivity contribution in [2.45, 2.75) is 33.9 Å². The van der Waals surface area contributed by atoms with E-state index in [1.807, 2.05) is 11.7 Å². The van der Waals surface area contributed by atoms with Crippen LogP contribution in [-0.2, 0) is 13.1 Å². The van der Waals surface area contributed by atoms with Crippen molar-refractivity contribution in [3.8, 4) is 0 Å². The summed E-state index contributed by atoms with van der Waals surface area (Å²) in [5.41, 5.74) is 5.46. The van der Waals surface area contributed by atoms with Crippen LogP contribution in [0.3, 0.4) is 0 Å². The minimum Gasteiger partial charge on any atom is -0.354 e. The number of hydrogen-bond donors (Lipinski definition) is 1. The molecule has 0 saturated heterocycles. The third-order valence-electron chi connectivity index (χ3n) is 3.27. The second-order valence-corrected chi connectivity index (χ2v) is 5.92. The third kappa shape index (κ3) is 3.55. The van der Waals surface area contributed by atoms with Crippen LogP contribution >= 0.6 is 11.3 Å². The van der Waals surface area contributed by atoms with Gasteiger partial charge in [-0.3, -0.25) is 0 Å². The van der Waals surface area contributed by atoms with Gasteiger partial charge >= 0.3 is 0 Å². The van der Waals surface area contributed by atoms with Crippen molar-refractivity contribution in [3.05, 3.63) is 39.5 Å². The SMILES string of the molecule is CCNCc1cnc(N(C)Cc2scnc2C)c(C)c1. The number of nitrogens with one attached hydrogen (secondary N) is 1. The van der Waals surface area contributed by atoms with Crippen molar-refractivity contribution in [2.75, 3.05) is 18.5 Å². The number of aromatic nitrogens is 2. The van der Waals surface area contributed by atoms with Crippen molar-refractivity contribution >= 4 is 17.2 Å². The molecule has 0 saturated carbocycles. The molecule has 5 heteroatoms. The first-order valence-electron chi connectivity index (χ1n) is 6.88. The van der Waals surface area contributed by atoms with Crippen LogP contribution in [0.1, 0.15) is 28.6 Å². The second-order valence-electron chi connectivity index (χ2n) is 4.98. The normalized spacial score (nSPS) is 10.8. The van der Waals surface area contributed by atoms with E-state index in [-0.39, 0.29) is 0 Å². The quantitative estimate of drug-likeness (QED) is 0.888. The molecule has 0 aliphatic rings. The Bertz CT molecular complexity index is 565. The Hall–Kier alpha value is -1.46. The summed E-state index contributed by atoms with van der Waals surface area (Å²) >= 11 is 1.70. The number of nitrogens with zero attached hydrogens (tertiary/aromatic N) is 3. The molecule has 2 heterocycles. The minimum absolute atomic E-state index is 0.858. The van der Waals surface area contributed by atoms with E-state index in [1.54, 1.807) is 11.3 Å². The Morgan fingerprint density at radius 3 is 2.70 bits per heavy atom. The molecule has 2 aromatic heterocycles. The first kappa shape index (κ1) is 14.9. The number of rotatable bonds is 6. The zero-order chi connectivity index (χ0) is 14.5. The van der Waals surface area contributed by atoms with E-state index < -0.39 is 0 Å². The number of aryl methyl sites for hydroxylation is 2. The molecule has 4 nitrogen and oxygen atoms in total. The summed E-state index contributed by atoms with van der Waals surface area (Å²) in [6.07, 6.45) is 1.96. The van der Waals surface area contributed by atoms with Crippen molar-refractivity contribution in [2.24, 2.45) is 0 Å². The fraction of sp³-hybridized carbons (Fsp3) is 0.467. The molecule has 2 rings (SSSR count). The van der Waals surface area contributed by atoms with Crippen LogP contribution in [0.5, 0.6) is 0 Å². The van der Waals surface area contributed by atoms with Gasteiger partial charge in [0.25, 0.3) is 0 Å². The van der Waals surface area contributed by atoms with E-state index >= 15 is 0 Å². The Morgan fingerprint density at radius 2 is 2.10 bits per heavy atom. The Balaban J connectivity index is 2.10. The lowest BCUT2D eigenvalue weighted by Gasteiger charge is -2.20. The highest BCUT2D eigenvalue weighted by molar-refractivity contribution is 7.09. The highest BCUT2D eigenvalue weighted by Crippen LogP contribution is 2.21. The van der Waals surface area contributed by atoms with Crippen molar-refractivity contribution in [3.63, 3.8) is 0 Å². The van der Waals surface area contributed by atoms with E-state index in [1.165, 1.54) is 16.0 Å². The molecular formula is C15H22N4S. The Kier molecular flexibility index (Phi) is 5.09. The number of pyridine rings is 1. The van der Waals surface area contributed by atoms with Crippen LogP contribution in [0.4, 0.5) is 5.82 Å². The summed E-state index contributed by atoms with van der Waals surface area (Å²) in [4.78, 5) is 12.4. The van der Waals surface area contributed by atoms with Gasteiger partial charge in [0.15, 0.2) is 0 Å². The number of anilines is 1. The number of thiazole rings is 1. The van der Waals surface area contributed by atoms with Crippen LogP contribution < -0.4 is 10.2 Å². The van der Waals surface area contributed by atoms with Crippen molar-refractivity contribution in [1.82, 2.24) is 15.3 Å². The minimum atomic E-state index is 0.858. The fourth-order valence-corrected chi connectivity index (χ4v) is 2.99. The topological polar surface area (TPSA) is 41.1 Å². The molecule has 1 N–H and O–H groups in total. The van der Waals surface area contributed by atoms with E-state index in [4.69, 9.17) is 0 Å². The van der Waals surface area contributed by atoms with E-state index in [0.717, 1.165) is 31.1 Å². The third-order valence-corrected chi connectivity index (χ3v) is 4.19. The maximum atomic E-state index is 4.61. The van der Waals surface area contributed by atoms with Gasteiger partial charge in [-0.25, -0.2) is 9.97 Å². The first-order valence-corrected chi connectivity index (χ1v) is 7.76. The molecule has 0 atom stereocenters. The van der Waals surface area contributed by atoms with Gasteiger partial charge in [-0.15, -0.1) is 11.3 Å². The molecule has 0 bridgehead atoms. The van der Waals surface area contributed by atoms with Crippen LogP contribution in [0.25, 0.3) is 0 Å². The Labute approximate surface area is 124 Å². The molecule has 0 aliphatic carbocycles. The summed E-state index contributed by atoms with van der Waals surface area (Å²) in [6, 6.07) is 2.21. The lowest BCUT2D eigenvalue weighted by molar-refractivity contribution is 0.723. The monoisotopic (exact) mass is 290 g/mol. The molecule has 2 aromatic rings. The van der Waals surface area contributed by atoms with Gasteiger partial charge in [0.1, 0.15) is 5.82 Å². The van der Waals surface area contributed by atoms with Gasteiger partial charge in [0, 0.05) is 24.7 Å². The summed E-state index contributed by atoms with van der Waals surface area (Å²) < 4.78 is 0. The van der Waals surface area contributed by atoms with Crippen LogP contribution in [0.2, 0.25) is 0 Å². The van der Waals surface area contributed by atoms with Gasteiger partial charge in [0.05, 0.1) is 17.7 Å². The average Bonchev–Trinajstić information content (AvgIpc) is 2.82. The Morgan fingerprint density at radius 1 is 1.30 bits per heavy atom. The van der Waals surface area contributed by atoms with E-state index in [9.17, 15) is 0 Å². The van der Waals surface area contributed by atoms with Gasteiger partial charge in [-0.1, -0.05) is 6.92 Å². The lowest BCUT2D eigenvalue weighted by atomic mass is 10.2. The van der Waals surface area contributed by atoms with Crippen LogP contribution in [-0.4, -0.2) is 23.6 Å². The van der Waals surface area contributed by atoms with E-state index in [2.05, 4.69) is 54.1 Å². The zero-order valence-electron chi connectivity index (χ0n) is 12.6. The largest absolute Gasteiger partial charge is 0.354 e. The molecule has 0 amide bonds. The van der Waals surface area contributed by atoms with Gasteiger partial charge in [-0.2, -0.15) is 0 Å². The molecule has 0 spiro atoms. The summed E-state index contributed by atoms with van der Waals surface area (Å²) in [7, 11) is 2.08. The summed E-state index contributed by atoms with van der Waals surface area (Å²) in [5, 5.41) is 3.32. The van der Waals surface area contributed by atoms with Crippen molar-refractivity contribution in [1.29, 1.82) is 0 Å².